The van der Waals surface area contributed by atoms with Crippen LogP contribution in [0.25, 0.3) is 10.9 Å². The number of halogens is 2. The Balaban J connectivity index is 1.77. The molecule has 3 rings (SSSR count). The Labute approximate surface area is 164 Å². The summed E-state index contributed by atoms with van der Waals surface area (Å²) in [7, 11) is 0. The van der Waals surface area contributed by atoms with E-state index in [2.05, 4.69) is 32.9 Å². The van der Waals surface area contributed by atoms with Gasteiger partial charge in [-0.15, -0.1) is 0 Å². The fourth-order valence-corrected chi connectivity index (χ4v) is 3.73. The molecule has 0 aliphatic carbocycles. The van der Waals surface area contributed by atoms with Gasteiger partial charge in [0, 0.05) is 17.3 Å². The zero-order valence-electron chi connectivity index (χ0n) is 13.8. The molecule has 0 atom stereocenters. The summed E-state index contributed by atoms with van der Waals surface area (Å²) >= 11 is 8.39. The lowest BCUT2D eigenvalue weighted by Gasteiger charge is -2.13. The number of nitrogens with one attached hydrogen (secondary N) is 1. The summed E-state index contributed by atoms with van der Waals surface area (Å²) in [6.07, 6.45) is 1.68. The van der Waals surface area contributed by atoms with E-state index >= 15 is 0 Å². The number of ether oxygens (including phenoxy) is 1. The van der Waals surface area contributed by atoms with Crippen molar-refractivity contribution in [2.24, 2.45) is 0 Å². The van der Waals surface area contributed by atoms with Gasteiger partial charge in [-0.2, -0.15) is 0 Å². The Hall–Kier alpha value is -1.86. The molecule has 3 aromatic rings. The van der Waals surface area contributed by atoms with Gasteiger partial charge in [-0.25, -0.2) is 0 Å². The van der Waals surface area contributed by atoms with Crippen LogP contribution in [0, 0.1) is 17.4 Å². The number of carbonyl (C=O) groups excluding carboxylic acids is 1. The predicted molar refractivity (Wildman–Crippen MR) is 110 cm³/mol. The fraction of sp³-hybridized carbons (Fsp3) is 0.158. The van der Waals surface area contributed by atoms with Crippen LogP contribution in [0.15, 0.2) is 42.6 Å². The quantitative estimate of drug-likeness (QED) is 0.543. The Kier molecular flexibility index (Phi) is 5.44. The van der Waals surface area contributed by atoms with E-state index in [1.807, 2.05) is 50.2 Å². The number of fused-ring (bicyclic) bond motifs is 1. The Morgan fingerprint density at radius 2 is 2.08 bits per heavy atom. The van der Waals surface area contributed by atoms with Crippen LogP contribution in [-0.4, -0.2) is 17.5 Å². The van der Waals surface area contributed by atoms with Crippen LogP contribution >= 0.6 is 34.2 Å². The summed E-state index contributed by atoms with van der Waals surface area (Å²) in [6, 6.07) is 11.4. The van der Waals surface area contributed by atoms with Gasteiger partial charge in [0.15, 0.2) is 12.4 Å². The molecular formula is C19H16ClIN2O2. The summed E-state index contributed by atoms with van der Waals surface area (Å²) in [4.78, 5) is 16.6. The number of amides is 1. The van der Waals surface area contributed by atoms with E-state index in [-0.39, 0.29) is 12.5 Å². The van der Waals surface area contributed by atoms with Crippen molar-refractivity contribution in [2.45, 2.75) is 13.8 Å². The zero-order valence-corrected chi connectivity index (χ0v) is 16.7. The number of nitrogens with zero attached hydrogens (tertiary/aromatic N) is 1. The summed E-state index contributed by atoms with van der Waals surface area (Å²) in [5.74, 6) is 0.346. The first-order valence-corrected chi connectivity index (χ1v) is 9.14. The van der Waals surface area contributed by atoms with E-state index < -0.39 is 0 Å². The van der Waals surface area contributed by atoms with Crippen molar-refractivity contribution in [3.8, 4) is 5.75 Å². The first kappa shape index (κ1) is 17.9. The van der Waals surface area contributed by atoms with Crippen LogP contribution in [0.4, 0.5) is 5.69 Å². The van der Waals surface area contributed by atoms with Crippen LogP contribution in [-0.2, 0) is 4.79 Å². The minimum atomic E-state index is -0.221. The zero-order chi connectivity index (χ0) is 18.0. The number of pyridine rings is 1. The summed E-state index contributed by atoms with van der Waals surface area (Å²) in [5.41, 5.74) is 3.60. The molecule has 0 radical (unpaired) electrons. The van der Waals surface area contributed by atoms with Gasteiger partial charge < -0.3 is 10.1 Å². The minimum Gasteiger partial charge on any atom is -0.480 e. The normalized spacial score (nSPS) is 10.7. The molecule has 0 bridgehead atoms. The van der Waals surface area contributed by atoms with Crippen molar-refractivity contribution in [2.75, 3.05) is 11.9 Å². The monoisotopic (exact) mass is 466 g/mol. The maximum Gasteiger partial charge on any atom is 0.262 e. The van der Waals surface area contributed by atoms with Crippen molar-refractivity contribution < 1.29 is 9.53 Å². The van der Waals surface area contributed by atoms with Crippen molar-refractivity contribution in [3.63, 3.8) is 0 Å². The van der Waals surface area contributed by atoms with Crippen molar-refractivity contribution in [1.82, 2.24) is 4.98 Å². The van der Waals surface area contributed by atoms with Gasteiger partial charge in [0.25, 0.3) is 5.91 Å². The Morgan fingerprint density at radius 1 is 1.28 bits per heavy atom. The average Bonchev–Trinajstić information content (AvgIpc) is 2.57. The largest absolute Gasteiger partial charge is 0.480 e. The van der Waals surface area contributed by atoms with Crippen LogP contribution in [0.1, 0.15) is 11.1 Å². The highest BCUT2D eigenvalue weighted by molar-refractivity contribution is 14.1. The molecule has 1 N–H and O–H groups in total. The molecule has 0 fully saturated rings. The van der Waals surface area contributed by atoms with E-state index in [0.29, 0.717) is 16.3 Å². The third-order valence-electron chi connectivity index (χ3n) is 3.75. The molecule has 0 saturated carbocycles. The van der Waals surface area contributed by atoms with E-state index in [4.69, 9.17) is 16.3 Å². The number of hydrogen-bond acceptors (Lipinski definition) is 3. The van der Waals surface area contributed by atoms with Crippen molar-refractivity contribution in [3.05, 3.63) is 62.3 Å². The van der Waals surface area contributed by atoms with E-state index in [1.165, 1.54) is 0 Å². The maximum absolute atomic E-state index is 12.3. The first-order chi connectivity index (χ1) is 12.0. The molecule has 4 nitrogen and oxygen atoms in total. The highest BCUT2D eigenvalue weighted by Gasteiger charge is 2.14. The van der Waals surface area contributed by atoms with Crippen LogP contribution in [0.5, 0.6) is 5.75 Å². The standard InChI is InChI=1S/C19H16ClIN2O2/c1-11-5-6-16(12(2)8-11)23-17(24)10-25-19-15(21)9-14(20)13-4-3-7-22-18(13)19/h3-9H,10H2,1-2H3,(H,23,24). The lowest BCUT2D eigenvalue weighted by Crippen LogP contribution is -2.21. The van der Waals surface area contributed by atoms with E-state index in [0.717, 1.165) is 25.8 Å². The first-order valence-electron chi connectivity index (χ1n) is 7.68. The molecule has 1 heterocycles. The molecule has 0 unspecified atom stereocenters. The van der Waals surface area contributed by atoms with Crippen LogP contribution in [0.2, 0.25) is 5.02 Å². The third-order valence-corrected chi connectivity index (χ3v) is 4.87. The minimum absolute atomic E-state index is 0.101. The lowest BCUT2D eigenvalue weighted by molar-refractivity contribution is -0.118. The highest BCUT2D eigenvalue weighted by Crippen LogP contribution is 2.34. The van der Waals surface area contributed by atoms with Crippen LogP contribution in [0.3, 0.4) is 0 Å². The topological polar surface area (TPSA) is 51.2 Å². The average molecular weight is 467 g/mol. The summed E-state index contributed by atoms with van der Waals surface area (Å²) in [6.45, 7) is 3.88. The van der Waals surface area contributed by atoms with Gasteiger partial charge in [0.2, 0.25) is 0 Å². The second kappa shape index (κ2) is 7.58. The number of carbonyl (C=O) groups is 1. The molecule has 128 valence electrons. The molecule has 25 heavy (non-hydrogen) atoms. The van der Waals surface area contributed by atoms with E-state index in [1.54, 1.807) is 6.20 Å². The van der Waals surface area contributed by atoms with Crippen molar-refractivity contribution >= 4 is 56.7 Å². The summed E-state index contributed by atoms with van der Waals surface area (Å²) in [5, 5.41) is 4.28. The SMILES string of the molecule is Cc1ccc(NC(=O)COc2c(I)cc(Cl)c3cccnc23)c(C)c1. The number of anilines is 1. The molecule has 0 spiro atoms. The number of benzene rings is 2. The Morgan fingerprint density at radius 3 is 2.84 bits per heavy atom. The van der Waals surface area contributed by atoms with E-state index in [9.17, 15) is 4.79 Å². The molecular weight excluding hydrogens is 451 g/mol. The smallest absolute Gasteiger partial charge is 0.262 e. The van der Waals surface area contributed by atoms with Crippen LogP contribution < -0.4 is 10.1 Å². The molecule has 1 aromatic heterocycles. The Bertz CT molecular complexity index is 960. The van der Waals surface area contributed by atoms with Gasteiger partial charge in [-0.3, -0.25) is 9.78 Å². The van der Waals surface area contributed by atoms with Crippen molar-refractivity contribution in [1.29, 1.82) is 0 Å². The molecule has 6 heteroatoms. The van der Waals surface area contributed by atoms with Gasteiger partial charge in [-0.05, 0) is 66.3 Å². The molecule has 1 amide bonds. The molecule has 0 aliphatic rings. The molecule has 0 aliphatic heterocycles. The highest BCUT2D eigenvalue weighted by atomic mass is 127. The molecule has 2 aromatic carbocycles. The number of aromatic nitrogens is 1. The predicted octanol–water partition coefficient (Wildman–Crippen LogP) is 5.13. The van der Waals surface area contributed by atoms with Gasteiger partial charge in [-0.1, -0.05) is 29.3 Å². The van der Waals surface area contributed by atoms with Gasteiger partial charge in [0.05, 0.1) is 8.59 Å². The second-order valence-electron chi connectivity index (χ2n) is 5.72. The second-order valence-corrected chi connectivity index (χ2v) is 7.29. The number of hydrogen-bond donors (Lipinski definition) is 1. The lowest BCUT2D eigenvalue weighted by atomic mass is 10.1. The number of aryl methyl sites for hydroxylation is 2. The van der Waals surface area contributed by atoms with Gasteiger partial charge >= 0.3 is 0 Å². The fourth-order valence-electron chi connectivity index (χ4n) is 2.56. The molecule has 0 saturated heterocycles. The summed E-state index contributed by atoms with van der Waals surface area (Å²) < 4.78 is 6.58. The maximum atomic E-state index is 12.3. The third kappa shape index (κ3) is 4.04. The number of rotatable bonds is 4. The van der Waals surface area contributed by atoms with Gasteiger partial charge in [0.1, 0.15) is 5.52 Å².